The van der Waals surface area contributed by atoms with E-state index < -0.39 is 0 Å². The first-order valence-corrected chi connectivity index (χ1v) is 8.62. The summed E-state index contributed by atoms with van der Waals surface area (Å²) in [6, 6.07) is 0.0183. The highest BCUT2D eigenvalue weighted by atomic mass is 16.5. The average Bonchev–Trinajstić information content (AvgIpc) is 3.19. The largest absolute Gasteiger partial charge is 0.385 e. The maximum Gasteiger partial charge on any atom is 0.241 e. The van der Waals surface area contributed by atoms with Crippen LogP contribution in [0.4, 0.5) is 0 Å². The van der Waals surface area contributed by atoms with E-state index in [1.165, 1.54) is 12.8 Å². The molecular weight excluding hydrogens is 264 g/mol. The van der Waals surface area contributed by atoms with Crippen molar-refractivity contribution in [2.75, 3.05) is 20.3 Å². The van der Waals surface area contributed by atoms with E-state index in [1.807, 2.05) is 0 Å². The topological polar surface area (TPSA) is 41.6 Å². The molecular formula is C17H32N2O2. The summed E-state index contributed by atoms with van der Waals surface area (Å²) in [6.45, 7) is 8.26. The minimum atomic E-state index is 0.0183. The van der Waals surface area contributed by atoms with Crippen molar-refractivity contribution in [1.82, 2.24) is 10.2 Å². The lowest BCUT2D eigenvalue weighted by Gasteiger charge is -2.28. The number of rotatable bonds is 9. The van der Waals surface area contributed by atoms with Crippen LogP contribution in [0.15, 0.2) is 0 Å². The third kappa shape index (κ3) is 3.78. The Kier molecular flexibility index (Phi) is 5.67. The number of nitrogens with zero attached hydrogens (tertiary/aromatic N) is 1. The molecule has 1 amide bonds. The molecule has 0 aromatic carbocycles. The molecule has 0 bridgehead atoms. The van der Waals surface area contributed by atoms with E-state index in [9.17, 15) is 4.79 Å². The Morgan fingerprint density at radius 2 is 2.14 bits per heavy atom. The lowest BCUT2D eigenvalue weighted by molar-refractivity contribution is -0.131. The number of carbonyl (C=O) groups is 1. The summed E-state index contributed by atoms with van der Waals surface area (Å²) in [5.74, 6) is 0.738. The van der Waals surface area contributed by atoms with Gasteiger partial charge in [0.05, 0.1) is 12.2 Å². The van der Waals surface area contributed by atoms with Crippen LogP contribution in [0, 0.1) is 11.3 Å². The Morgan fingerprint density at radius 1 is 1.43 bits per heavy atom. The van der Waals surface area contributed by atoms with Gasteiger partial charge in [-0.25, -0.2) is 0 Å². The van der Waals surface area contributed by atoms with Crippen molar-refractivity contribution in [1.29, 1.82) is 0 Å². The molecule has 3 atom stereocenters. The van der Waals surface area contributed by atoms with Crippen LogP contribution >= 0.6 is 0 Å². The van der Waals surface area contributed by atoms with Crippen LogP contribution in [-0.2, 0) is 9.53 Å². The van der Waals surface area contributed by atoms with E-state index in [4.69, 9.17) is 4.74 Å². The first-order valence-electron chi connectivity index (χ1n) is 8.62. The molecule has 4 nitrogen and oxygen atoms in total. The van der Waals surface area contributed by atoms with Crippen molar-refractivity contribution in [2.24, 2.45) is 11.3 Å². The Labute approximate surface area is 129 Å². The van der Waals surface area contributed by atoms with Gasteiger partial charge < -0.3 is 9.64 Å². The minimum absolute atomic E-state index is 0.0183. The molecule has 1 aliphatic heterocycles. The molecule has 1 heterocycles. The van der Waals surface area contributed by atoms with Gasteiger partial charge in [-0.1, -0.05) is 33.6 Å². The first-order chi connectivity index (χ1) is 10.1. The van der Waals surface area contributed by atoms with E-state index in [-0.39, 0.29) is 12.2 Å². The number of hydrogen-bond acceptors (Lipinski definition) is 3. The fourth-order valence-electron chi connectivity index (χ4n) is 3.39. The number of hydrogen-bond donors (Lipinski definition) is 1. The normalized spacial score (nSPS) is 29.0. The van der Waals surface area contributed by atoms with Crippen molar-refractivity contribution in [2.45, 2.75) is 71.5 Å². The maximum absolute atomic E-state index is 12.8. The van der Waals surface area contributed by atoms with Crippen LogP contribution in [0.25, 0.3) is 0 Å². The van der Waals surface area contributed by atoms with E-state index in [2.05, 4.69) is 31.0 Å². The van der Waals surface area contributed by atoms with E-state index in [0.717, 1.165) is 38.8 Å². The highest BCUT2D eigenvalue weighted by Gasteiger charge is 2.49. The monoisotopic (exact) mass is 296 g/mol. The smallest absolute Gasteiger partial charge is 0.241 e. The van der Waals surface area contributed by atoms with Crippen LogP contribution in [-0.4, -0.2) is 43.3 Å². The van der Waals surface area contributed by atoms with Crippen LogP contribution in [0.3, 0.4) is 0 Å². The van der Waals surface area contributed by atoms with Crippen molar-refractivity contribution in [3.8, 4) is 0 Å². The Morgan fingerprint density at radius 3 is 2.67 bits per heavy atom. The fraction of sp³-hybridized carbons (Fsp3) is 0.941. The van der Waals surface area contributed by atoms with Crippen molar-refractivity contribution in [3.63, 3.8) is 0 Å². The van der Waals surface area contributed by atoms with Gasteiger partial charge in [-0.05, 0) is 37.0 Å². The predicted octanol–water partition coefficient (Wildman–Crippen LogP) is 2.78. The van der Waals surface area contributed by atoms with Gasteiger partial charge in [-0.2, -0.15) is 0 Å². The minimum Gasteiger partial charge on any atom is -0.385 e. The summed E-state index contributed by atoms with van der Waals surface area (Å²) in [4.78, 5) is 14.9. The zero-order chi connectivity index (χ0) is 15.5. The van der Waals surface area contributed by atoms with Crippen molar-refractivity contribution >= 4 is 5.91 Å². The summed E-state index contributed by atoms with van der Waals surface area (Å²) in [7, 11) is 1.76. The fourth-order valence-corrected chi connectivity index (χ4v) is 3.39. The standard InChI is InChI=1S/C17H32N2O2/c1-5-7-14-18-15(13(3)6-2)16(20)19(14)12-17(8-9-17)10-11-21-4/h13-15,18H,5-12H2,1-4H3. The molecule has 2 rings (SSSR count). The molecule has 122 valence electrons. The van der Waals surface area contributed by atoms with Gasteiger partial charge in [0.15, 0.2) is 0 Å². The second kappa shape index (κ2) is 7.10. The molecule has 1 saturated heterocycles. The molecule has 4 heteroatoms. The van der Waals surface area contributed by atoms with Crippen LogP contribution in [0.2, 0.25) is 0 Å². The van der Waals surface area contributed by atoms with Gasteiger partial charge in [0.2, 0.25) is 5.91 Å². The van der Waals surface area contributed by atoms with Crippen LogP contribution in [0.5, 0.6) is 0 Å². The molecule has 0 aromatic heterocycles. The number of amides is 1. The first kappa shape index (κ1) is 16.8. The quantitative estimate of drug-likeness (QED) is 0.711. The Hall–Kier alpha value is -0.610. The lowest BCUT2D eigenvalue weighted by atomic mass is 9.98. The van der Waals surface area contributed by atoms with Gasteiger partial charge in [0.25, 0.3) is 0 Å². The molecule has 1 saturated carbocycles. The highest BCUT2D eigenvalue weighted by Crippen LogP contribution is 2.50. The summed E-state index contributed by atoms with van der Waals surface area (Å²) in [5, 5.41) is 3.59. The molecule has 2 aliphatic rings. The number of methoxy groups -OCH3 is 1. The van der Waals surface area contributed by atoms with Crippen LogP contribution < -0.4 is 5.32 Å². The lowest BCUT2D eigenvalue weighted by Crippen LogP contribution is -2.41. The second-order valence-corrected chi connectivity index (χ2v) is 7.04. The van der Waals surface area contributed by atoms with Crippen molar-refractivity contribution < 1.29 is 9.53 Å². The summed E-state index contributed by atoms with van der Waals surface area (Å²) >= 11 is 0. The van der Waals surface area contributed by atoms with E-state index in [0.29, 0.717) is 17.2 Å². The summed E-state index contributed by atoms with van der Waals surface area (Å²) < 4.78 is 5.24. The summed E-state index contributed by atoms with van der Waals surface area (Å²) in [6.07, 6.45) is 7.02. The van der Waals surface area contributed by atoms with Crippen molar-refractivity contribution in [3.05, 3.63) is 0 Å². The van der Waals surface area contributed by atoms with E-state index in [1.54, 1.807) is 7.11 Å². The third-order valence-electron chi connectivity index (χ3n) is 5.37. The zero-order valence-corrected chi connectivity index (χ0v) is 14.2. The molecule has 0 aromatic rings. The average molecular weight is 296 g/mol. The van der Waals surface area contributed by atoms with Gasteiger partial charge in [-0.3, -0.25) is 10.1 Å². The molecule has 21 heavy (non-hydrogen) atoms. The number of carbonyl (C=O) groups excluding carboxylic acids is 1. The predicted molar refractivity (Wildman–Crippen MR) is 84.9 cm³/mol. The molecule has 3 unspecified atom stereocenters. The highest BCUT2D eigenvalue weighted by molar-refractivity contribution is 5.84. The molecule has 2 fully saturated rings. The molecule has 1 N–H and O–H groups in total. The Balaban J connectivity index is 2.02. The van der Waals surface area contributed by atoms with Gasteiger partial charge in [0, 0.05) is 20.3 Å². The van der Waals surface area contributed by atoms with Gasteiger partial charge >= 0.3 is 0 Å². The number of nitrogens with one attached hydrogen (secondary N) is 1. The van der Waals surface area contributed by atoms with E-state index >= 15 is 0 Å². The molecule has 1 aliphatic carbocycles. The van der Waals surface area contributed by atoms with Gasteiger partial charge in [0.1, 0.15) is 0 Å². The second-order valence-electron chi connectivity index (χ2n) is 7.04. The number of ether oxygens (including phenoxy) is 1. The zero-order valence-electron chi connectivity index (χ0n) is 14.2. The maximum atomic E-state index is 12.8. The Bertz CT molecular complexity index is 355. The van der Waals surface area contributed by atoms with Crippen LogP contribution in [0.1, 0.15) is 59.3 Å². The summed E-state index contributed by atoms with van der Waals surface area (Å²) in [5.41, 5.74) is 0.337. The molecule has 0 radical (unpaired) electrons. The third-order valence-corrected chi connectivity index (χ3v) is 5.37. The molecule has 0 spiro atoms. The van der Waals surface area contributed by atoms with Gasteiger partial charge in [-0.15, -0.1) is 0 Å². The SMILES string of the molecule is CCCC1NC(C(C)CC)C(=O)N1CC1(CCOC)CC1.